The predicted molar refractivity (Wildman–Crippen MR) is 80.8 cm³/mol. The summed E-state index contributed by atoms with van der Waals surface area (Å²) in [6, 6.07) is 8.31. The Morgan fingerprint density at radius 2 is 1.90 bits per heavy atom. The molecule has 1 heterocycles. The standard InChI is InChI=1S/C15H19NO4S/c1-4-16(5-2)21(17,18)12-8-9-14(19-3)13(11-12)15-7-6-10-20-15/h6-11H,4-5H2,1-3H3. The molecule has 0 N–H and O–H groups in total. The summed E-state index contributed by atoms with van der Waals surface area (Å²) in [7, 11) is -1.96. The van der Waals surface area contributed by atoms with Gasteiger partial charge in [0.25, 0.3) is 0 Å². The second-order valence-electron chi connectivity index (χ2n) is 4.43. The molecule has 0 fully saturated rings. The lowest BCUT2D eigenvalue weighted by Crippen LogP contribution is -2.30. The summed E-state index contributed by atoms with van der Waals surface area (Å²) in [4.78, 5) is 0.235. The monoisotopic (exact) mass is 309 g/mol. The molecule has 0 amide bonds. The number of hydrogen-bond acceptors (Lipinski definition) is 4. The van der Waals surface area contributed by atoms with Crippen molar-refractivity contribution in [1.82, 2.24) is 4.31 Å². The van der Waals surface area contributed by atoms with Gasteiger partial charge in [-0.1, -0.05) is 13.8 Å². The van der Waals surface area contributed by atoms with E-state index in [1.807, 2.05) is 13.8 Å². The molecule has 0 spiro atoms. The zero-order chi connectivity index (χ0) is 15.5. The third-order valence-electron chi connectivity index (χ3n) is 3.30. The number of benzene rings is 1. The first kappa shape index (κ1) is 15.6. The van der Waals surface area contributed by atoms with Crippen LogP contribution in [-0.2, 0) is 10.0 Å². The summed E-state index contributed by atoms with van der Waals surface area (Å²) in [6.07, 6.45) is 1.54. The minimum absolute atomic E-state index is 0.235. The molecule has 2 rings (SSSR count). The predicted octanol–water partition coefficient (Wildman–Crippen LogP) is 2.99. The quantitative estimate of drug-likeness (QED) is 0.823. The molecule has 5 nitrogen and oxygen atoms in total. The van der Waals surface area contributed by atoms with Crippen LogP contribution in [0.3, 0.4) is 0 Å². The summed E-state index contributed by atoms with van der Waals surface area (Å²) in [5, 5.41) is 0. The molecule has 1 aromatic heterocycles. The molecule has 2 aromatic rings. The van der Waals surface area contributed by atoms with E-state index in [2.05, 4.69) is 0 Å². The largest absolute Gasteiger partial charge is 0.496 e. The molecule has 21 heavy (non-hydrogen) atoms. The van der Waals surface area contributed by atoms with Gasteiger partial charge < -0.3 is 9.15 Å². The second kappa shape index (κ2) is 6.32. The number of ether oxygens (including phenoxy) is 1. The Morgan fingerprint density at radius 3 is 2.43 bits per heavy atom. The van der Waals surface area contributed by atoms with Crippen molar-refractivity contribution >= 4 is 10.0 Å². The molecule has 0 unspecified atom stereocenters. The van der Waals surface area contributed by atoms with Crippen LogP contribution in [0.25, 0.3) is 11.3 Å². The van der Waals surface area contributed by atoms with Crippen molar-refractivity contribution in [3.63, 3.8) is 0 Å². The van der Waals surface area contributed by atoms with Crippen molar-refractivity contribution in [2.75, 3.05) is 20.2 Å². The zero-order valence-electron chi connectivity index (χ0n) is 12.4. The first-order chi connectivity index (χ1) is 10.0. The SMILES string of the molecule is CCN(CC)S(=O)(=O)c1ccc(OC)c(-c2ccco2)c1. The highest BCUT2D eigenvalue weighted by atomic mass is 32.2. The van der Waals surface area contributed by atoms with Crippen molar-refractivity contribution in [1.29, 1.82) is 0 Å². The molecule has 0 bridgehead atoms. The number of rotatable bonds is 6. The van der Waals surface area contributed by atoms with Crippen LogP contribution in [0.1, 0.15) is 13.8 Å². The number of sulfonamides is 1. The molecule has 1 aromatic carbocycles. The summed E-state index contributed by atoms with van der Waals surface area (Å²) in [6.45, 7) is 4.50. The van der Waals surface area contributed by atoms with Crippen LogP contribution < -0.4 is 4.74 Å². The molecule has 0 aliphatic heterocycles. The van der Waals surface area contributed by atoms with E-state index in [-0.39, 0.29) is 4.90 Å². The minimum Gasteiger partial charge on any atom is -0.496 e. The molecule has 0 aliphatic carbocycles. The highest BCUT2D eigenvalue weighted by molar-refractivity contribution is 7.89. The smallest absolute Gasteiger partial charge is 0.243 e. The average molecular weight is 309 g/mol. The van der Waals surface area contributed by atoms with E-state index in [4.69, 9.17) is 9.15 Å². The first-order valence-electron chi connectivity index (χ1n) is 6.76. The number of nitrogens with zero attached hydrogens (tertiary/aromatic N) is 1. The molecule has 114 valence electrons. The van der Waals surface area contributed by atoms with Crippen LogP contribution in [0.4, 0.5) is 0 Å². The molecule has 0 aliphatic rings. The summed E-state index contributed by atoms with van der Waals surface area (Å²) in [5.41, 5.74) is 0.621. The fraction of sp³-hybridized carbons (Fsp3) is 0.333. The van der Waals surface area contributed by atoms with Gasteiger partial charge in [-0.3, -0.25) is 0 Å². The molecule has 0 radical (unpaired) electrons. The molecular weight excluding hydrogens is 290 g/mol. The second-order valence-corrected chi connectivity index (χ2v) is 6.37. The van der Waals surface area contributed by atoms with Gasteiger partial charge in [-0.15, -0.1) is 0 Å². The normalized spacial score (nSPS) is 11.8. The van der Waals surface area contributed by atoms with Gasteiger partial charge in [-0.2, -0.15) is 4.31 Å². The minimum atomic E-state index is -3.50. The Hall–Kier alpha value is -1.79. The summed E-state index contributed by atoms with van der Waals surface area (Å²) >= 11 is 0. The van der Waals surface area contributed by atoms with Gasteiger partial charge in [0.1, 0.15) is 11.5 Å². The zero-order valence-corrected chi connectivity index (χ0v) is 13.2. The van der Waals surface area contributed by atoms with E-state index in [9.17, 15) is 8.42 Å². The molecule has 6 heteroatoms. The van der Waals surface area contributed by atoms with E-state index in [0.717, 1.165) is 0 Å². The number of furan rings is 1. The average Bonchev–Trinajstić information content (AvgIpc) is 3.01. The third kappa shape index (κ3) is 2.96. The van der Waals surface area contributed by atoms with E-state index in [0.29, 0.717) is 30.2 Å². The van der Waals surface area contributed by atoms with Crippen molar-refractivity contribution in [2.24, 2.45) is 0 Å². The van der Waals surface area contributed by atoms with Crippen molar-refractivity contribution in [3.8, 4) is 17.1 Å². The number of hydrogen-bond donors (Lipinski definition) is 0. The molecule has 0 atom stereocenters. The highest BCUT2D eigenvalue weighted by Crippen LogP contribution is 2.33. The van der Waals surface area contributed by atoms with Gasteiger partial charge in [-0.25, -0.2) is 8.42 Å². The van der Waals surface area contributed by atoms with Gasteiger partial charge in [-0.05, 0) is 30.3 Å². The van der Waals surface area contributed by atoms with Gasteiger partial charge in [0, 0.05) is 13.1 Å². The maximum absolute atomic E-state index is 12.6. The van der Waals surface area contributed by atoms with Crippen molar-refractivity contribution in [3.05, 3.63) is 36.6 Å². The third-order valence-corrected chi connectivity index (χ3v) is 5.35. The molecule has 0 saturated carbocycles. The summed E-state index contributed by atoms with van der Waals surface area (Å²) < 4.78 is 37.2. The van der Waals surface area contributed by atoms with Crippen LogP contribution in [0.15, 0.2) is 45.9 Å². The Bertz CT molecular complexity index is 688. The van der Waals surface area contributed by atoms with E-state index < -0.39 is 10.0 Å². The fourth-order valence-corrected chi connectivity index (χ4v) is 3.67. The van der Waals surface area contributed by atoms with Crippen LogP contribution in [0.5, 0.6) is 5.75 Å². The fourth-order valence-electron chi connectivity index (χ4n) is 2.18. The Morgan fingerprint density at radius 1 is 1.19 bits per heavy atom. The van der Waals surface area contributed by atoms with Crippen LogP contribution in [-0.4, -0.2) is 32.9 Å². The lowest BCUT2D eigenvalue weighted by molar-refractivity contribution is 0.414. The van der Waals surface area contributed by atoms with Gasteiger partial charge >= 0.3 is 0 Å². The Kier molecular flexibility index (Phi) is 4.69. The van der Waals surface area contributed by atoms with Crippen molar-refractivity contribution in [2.45, 2.75) is 18.7 Å². The van der Waals surface area contributed by atoms with E-state index in [1.165, 1.54) is 4.31 Å². The first-order valence-corrected chi connectivity index (χ1v) is 8.20. The van der Waals surface area contributed by atoms with Gasteiger partial charge in [0.05, 0.1) is 23.8 Å². The van der Waals surface area contributed by atoms with Gasteiger partial charge in [0.15, 0.2) is 0 Å². The molecule has 0 saturated heterocycles. The van der Waals surface area contributed by atoms with E-state index >= 15 is 0 Å². The topological polar surface area (TPSA) is 59.8 Å². The summed E-state index contributed by atoms with van der Waals surface area (Å²) in [5.74, 6) is 1.15. The molecular formula is C15H19NO4S. The van der Waals surface area contributed by atoms with Crippen LogP contribution in [0.2, 0.25) is 0 Å². The maximum atomic E-state index is 12.6. The van der Waals surface area contributed by atoms with Crippen molar-refractivity contribution < 1.29 is 17.6 Å². The van der Waals surface area contributed by atoms with Gasteiger partial charge in [0.2, 0.25) is 10.0 Å². The Labute approximate surface area is 125 Å². The number of methoxy groups -OCH3 is 1. The van der Waals surface area contributed by atoms with E-state index in [1.54, 1.807) is 43.7 Å². The highest BCUT2D eigenvalue weighted by Gasteiger charge is 2.23. The van der Waals surface area contributed by atoms with Crippen LogP contribution >= 0.6 is 0 Å². The maximum Gasteiger partial charge on any atom is 0.243 e. The van der Waals surface area contributed by atoms with Crippen LogP contribution in [0, 0.1) is 0 Å². The lowest BCUT2D eigenvalue weighted by atomic mass is 10.1. The lowest BCUT2D eigenvalue weighted by Gasteiger charge is -2.19. The Balaban J connectivity index is 2.55.